The van der Waals surface area contributed by atoms with Crippen LogP contribution in [0, 0.1) is 5.82 Å². The molecule has 3 aromatic rings. The highest BCUT2D eigenvalue weighted by atomic mass is 19.1. The van der Waals surface area contributed by atoms with Gasteiger partial charge in [0.05, 0.1) is 17.7 Å². The molecule has 0 saturated carbocycles. The number of halogens is 1. The Kier molecular flexibility index (Phi) is 8.58. The summed E-state index contributed by atoms with van der Waals surface area (Å²) in [5.41, 5.74) is 6.27. The standard InChI is InChI=1S/C29H30FN3O5/c1-20(38-22-7-3-2-4-8-22)28(35)32-14-16-33(17-15-32)29(36)23-12-11-21(19-25(23)30)13-18-37-26-10-6-5-9-24(26)27(31)34/h2-12,19-20H,13-18H2,1H3,(H2,31,34). The van der Waals surface area contributed by atoms with Crippen molar-refractivity contribution in [2.45, 2.75) is 19.4 Å². The average molecular weight is 520 g/mol. The highest BCUT2D eigenvalue weighted by Gasteiger charge is 2.29. The van der Waals surface area contributed by atoms with E-state index >= 15 is 0 Å². The number of hydrogen-bond donors (Lipinski definition) is 1. The van der Waals surface area contributed by atoms with Gasteiger partial charge in [-0.3, -0.25) is 14.4 Å². The summed E-state index contributed by atoms with van der Waals surface area (Å²) < 4.78 is 26.2. The van der Waals surface area contributed by atoms with Crippen molar-refractivity contribution >= 4 is 17.7 Å². The normalized spacial score (nSPS) is 14.1. The number of amides is 3. The maximum absolute atomic E-state index is 14.9. The van der Waals surface area contributed by atoms with Gasteiger partial charge in [-0.05, 0) is 48.9 Å². The van der Waals surface area contributed by atoms with E-state index in [1.165, 1.54) is 12.1 Å². The van der Waals surface area contributed by atoms with Crippen LogP contribution in [0.15, 0.2) is 72.8 Å². The summed E-state index contributed by atoms with van der Waals surface area (Å²) in [5, 5.41) is 0. The largest absolute Gasteiger partial charge is 0.492 e. The van der Waals surface area contributed by atoms with Crippen LogP contribution in [-0.2, 0) is 11.2 Å². The van der Waals surface area contributed by atoms with Crippen LogP contribution in [0.1, 0.15) is 33.2 Å². The summed E-state index contributed by atoms with van der Waals surface area (Å²) in [4.78, 5) is 40.5. The molecule has 2 N–H and O–H groups in total. The van der Waals surface area contributed by atoms with Crippen LogP contribution in [0.5, 0.6) is 11.5 Å². The number of nitrogens with two attached hydrogens (primary N) is 1. The summed E-state index contributed by atoms with van der Waals surface area (Å²) in [7, 11) is 0. The lowest BCUT2D eigenvalue weighted by molar-refractivity contribution is -0.139. The number of rotatable bonds is 9. The zero-order valence-electron chi connectivity index (χ0n) is 21.1. The third-order valence-electron chi connectivity index (χ3n) is 6.35. The van der Waals surface area contributed by atoms with Crippen molar-refractivity contribution in [1.29, 1.82) is 0 Å². The van der Waals surface area contributed by atoms with Gasteiger partial charge >= 0.3 is 0 Å². The molecule has 0 aliphatic carbocycles. The summed E-state index contributed by atoms with van der Waals surface area (Å²) >= 11 is 0. The highest BCUT2D eigenvalue weighted by Crippen LogP contribution is 2.19. The van der Waals surface area contributed by atoms with Crippen LogP contribution in [0.3, 0.4) is 0 Å². The van der Waals surface area contributed by atoms with Gasteiger partial charge in [-0.1, -0.05) is 36.4 Å². The number of carbonyl (C=O) groups is 3. The van der Waals surface area contributed by atoms with E-state index in [4.69, 9.17) is 15.2 Å². The molecule has 8 nitrogen and oxygen atoms in total. The van der Waals surface area contributed by atoms with Gasteiger partial charge in [-0.25, -0.2) is 4.39 Å². The van der Waals surface area contributed by atoms with Gasteiger partial charge in [0.2, 0.25) is 0 Å². The van der Waals surface area contributed by atoms with E-state index in [-0.39, 0.29) is 23.6 Å². The fourth-order valence-corrected chi connectivity index (χ4v) is 4.27. The SMILES string of the molecule is CC(Oc1ccccc1)C(=O)N1CCN(C(=O)c2ccc(CCOc3ccccc3C(N)=O)cc2F)CC1. The van der Waals surface area contributed by atoms with Gasteiger partial charge in [0.25, 0.3) is 17.7 Å². The fraction of sp³-hybridized carbons (Fsp3) is 0.276. The molecule has 1 atom stereocenters. The van der Waals surface area contributed by atoms with Crippen molar-refractivity contribution in [2.75, 3.05) is 32.8 Å². The number of hydrogen-bond acceptors (Lipinski definition) is 5. The van der Waals surface area contributed by atoms with Gasteiger partial charge in [0.1, 0.15) is 17.3 Å². The first-order chi connectivity index (χ1) is 18.3. The molecule has 38 heavy (non-hydrogen) atoms. The van der Waals surface area contributed by atoms with E-state index in [1.54, 1.807) is 59.2 Å². The third kappa shape index (κ3) is 6.47. The zero-order valence-corrected chi connectivity index (χ0v) is 21.1. The smallest absolute Gasteiger partial charge is 0.263 e. The molecule has 0 radical (unpaired) electrons. The molecule has 9 heteroatoms. The van der Waals surface area contributed by atoms with E-state index in [0.29, 0.717) is 49.7 Å². The Morgan fingerprint density at radius 3 is 2.24 bits per heavy atom. The minimum absolute atomic E-state index is 0.0192. The molecule has 198 valence electrons. The first-order valence-electron chi connectivity index (χ1n) is 12.4. The molecule has 1 aliphatic rings. The van der Waals surface area contributed by atoms with Crippen LogP contribution in [0.25, 0.3) is 0 Å². The summed E-state index contributed by atoms with van der Waals surface area (Å²) in [6.07, 6.45) is -0.277. The molecule has 1 heterocycles. The molecule has 1 saturated heterocycles. The third-order valence-corrected chi connectivity index (χ3v) is 6.35. The van der Waals surface area contributed by atoms with E-state index < -0.39 is 23.7 Å². The van der Waals surface area contributed by atoms with Crippen LogP contribution in [0.4, 0.5) is 4.39 Å². The second-order valence-electron chi connectivity index (χ2n) is 8.96. The van der Waals surface area contributed by atoms with E-state index in [2.05, 4.69) is 0 Å². The highest BCUT2D eigenvalue weighted by molar-refractivity contribution is 5.95. The Balaban J connectivity index is 1.28. The van der Waals surface area contributed by atoms with Crippen molar-refractivity contribution < 1.29 is 28.2 Å². The molecule has 0 bridgehead atoms. The van der Waals surface area contributed by atoms with Crippen LogP contribution in [0.2, 0.25) is 0 Å². The lowest BCUT2D eigenvalue weighted by Crippen LogP contribution is -2.53. The van der Waals surface area contributed by atoms with Crippen LogP contribution < -0.4 is 15.2 Å². The lowest BCUT2D eigenvalue weighted by atomic mass is 10.1. The van der Waals surface area contributed by atoms with E-state index in [0.717, 1.165) is 0 Å². The number of primary amides is 1. The second kappa shape index (κ2) is 12.2. The molecule has 1 unspecified atom stereocenters. The molecule has 0 spiro atoms. The van der Waals surface area contributed by atoms with E-state index in [1.807, 2.05) is 18.2 Å². The van der Waals surface area contributed by atoms with Crippen molar-refractivity contribution in [3.63, 3.8) is 0 Å². The monoisotopic (exact) mass is 519 g/mol. The van der Waals surface area contributed by atoms with Crippen molar-refractivity contribution in [2.24, 2.45) is 5.73 Å². The van der Waals surface area contributed by atoms with E-state index in [9.17, 15) is 18.8 Å². The number of nitrogens with zero attached hydrogens (tertiary/aromatic N) is 2. The maximum Gasteiger partial charge on any atom is 0.263 e. The lowest BCUT2D eigenvalue weighted by Gasteiger charge is -2.36. The Bertz CT molecular complexity index is 1290. The number of ether oxygens (including phenoxy) is 2. The maximum atomic E-state index is 14.9. The Hall–Kier alpha value is -4.40. The molecule has 3 aromatic carbocycles. The molecule has 0 aromatic heterocycles. The molecule has 3 amide bonds. The summed E-state index contributed by atoms with van der Waals surface area (Å²) in [5.74, 6) is -0.796. The minimum Gasteiger partial charge on any atom is -0.492 e. The van der Waals surface area contributed by atoms with Gasteiger partial charge in [0.15, 0.2) is 6.10 Å². The minimum atomic E-state index is -0.655. The van der Waals surface area contributed by atoms with Crippen LogP contribution >= 0.6 is 0 Å². The molecule has 1 aliphatic heterocycles. The van der Waals surface area contributed by atoms with Gasteiger partial charge in [-0.15, -0.1) is 0 Å². The van der Waals surface area contributed by atoms with Crippen LogP contribution in [-0.4, -0.2) is 66.4 Å². The quantitative estimate of drug-likeness (QED) is 0.468. The fourth-order valence-electron chi connectivity index (χ4n) is 4.27. The topological polar surface area (TPSA) is 102 Å². The Morgan fingerprint density at radius 2 is 1.55 bits per heavy atom. The summed E-state index contributed by atoms with van der Waals surface area (Å²) in [6, 6.07) is 20.2. The zero-order chi connectivity index (χ0) is 27.1. The predicted octanol–water partition coefficient (Wildman–Crippen LogP) is 3.30. The molecule has 4 rings (SSSR count). The van der Waals surface area contributed by atoms with Gasteiger partial charge < -0.3 is 25.0 Å². The second-order valence-corrected chi connectivity index (χ2v) is 8.96. The van der Waals surface area contributed by atoms with Crippen molar-refractivity contribution in [3.8, 4) is 11.5 Å². The first kappa shape index (κ1) is 26.7. The molecular formula is C29H30FN3O5. The summed E-state index contributed by atoms with van der Waals surface area (Å²) in [6.45, 7) is 3.20. The number of para-hydroxylation sites is 2. The number of carbonyl (C=O) groups excluding carboxylic acids is 3. The van der Waals surface area contributed by atoms with Crippen molar-refractivity contribution in [3.05, 3.63) is 95.3 Å². The Morgan fingerprint density at radius 1 is 0.895 bits per heavy atom. The average Bonchev–Trinajstić information content (AvgIpc) is 2.93. The number of piperazine rings is 1. The predicted molar refractivity (Wildman–Crippen MR) is 140 cm³/mol. The first-order valence-corrected chi connectivity index (χ1v) is 12.4. The van der Waals surface area contributed by atoms with Crippen molar-refractivity contribution in [1.82, 2.24) is 9.80 Å². The molecular weight excluding hydrogens is 489 g/mol. The van der Waals surface area contributed by atoms with Gasteiger partial charge in [0, 0.05) is 32.6 Å². The molecule has 1 fully saturated rings. The Labute approximate surface area is 220 Å². The van der Waals surface area contributed by atoms with Gasteiger partial charge in [-0.2, -0.15) is 0 Å². The number of benzene rings is 3.